The van der Waals surface area contributed by atoms with E-state index >= 15 is 0 Å². The zero-order valence-corrected chi connectivity index (χ0v) is 13.3. The zero-order valence-electron chi connectivity index (χ0n) is 12.5. The number of rotatable bonds is 2. The van der Waals surface area contributed by atoms with E-state index in [1.54, 1.807) is 0 Å². The van der Waals surface area contributed by atoms with Gasteiger partial charge in [0.25, 0.3) is 0 Å². The van der Waals surface area contributed by atoms with Gasteiger partial charge in [-0.15, -0.1) is 0 Å². The van der Waals surface area contributed by atoms with Crippen molar-refractivity contribution in [3.63, 3.8) is 0 Å². The monoisotopic (exact) mass is 307 g/mol. The average molecular weight is 308 g/mol. The molecule has 1 fully saturated rings. The van der Waals surface area contributed by atoms with Crippen LogP contribution in [0.2, 0.25) is 5.02 Å². The number of carbonyl (C=O) groups excluding carboxylic acids is 1. The van der Waals surface area contributed by atoms with Crippen LogP contribution in [-0.2, 0) is 4.79 Å². The topological polar surface area (TPSA) is 58.4 Å². The fourth-order valence-corrected chi connectivity index (χ4v) is 3.70. The first-order valence-corrected chi connectivity index (χ1v) is 7.98. The van der Waals surface area contributed by atoms with Crippen LogP contribution in [0.15, 0.2) is 12.1 Å². The highest BCUT2D eigenvalue weighted by molar-refractivity contribution is 6.33. The van der Waals surface area contributed by atoms with Gasteiger partial charge in [0, 0.05) is 24.3 Å². The molecule has 1 amide bonds. The predicted molar refractivity (Wildman–Crippen MR) is 86.8 cm³/mol. The number of benzene rings is 1. The number of halogens is 1. The number of hydrogen-bond acceptors (Lipinski definition) is 3. The predicted octanol–water partition coefficient (Wildman–Crippen LogP) is 3.31. The largest absolute Gasteiger partial charge is 0.370 e. The second kappa shape index (κ2) is 5.50. The fourth-order valence-electron chi connectivity index (χ4n) is 3.39. The number of anilines is 2. The van der Waals surface area contributed by atoms with Crippen LogP contribution in [0, 0.1) is 5.92 Å². The van der Waals surface area contributed by atoms with Crippen LogP contribution in [0.3, 0.4) is 0 Å². The molecule has 1 saturated carbocycles. The molecule has 3 N–H and O–H groups in total. The van der Waals surface area contributed by atoms with Gasteiger partial charge in [-0.1, -0.05) is 18.5 Å². The summed E-state index contributed by atoms with van der Waals surface area (Å²) < 4.78 is 0. The third-order valence-electron chi connectivity index (χ3n) is 4.91. The summed E-state index contributed by atoms with van der Waals surface area (Å²) in [5.74, 6) is 0.662. The molecule has 0 aromatic heterocycles. The summed E-state index contributed by atoms with van der Waals surface area (Å²) in [6.07, 6.45) is 4.91. The molecule has 0 saturated heterocycles. The first-order valence-electron chi connectivity index (χ1n) is 7.60. The van der Waals surface area contributed by atoms with Gasteiger partial charge in [0.2, 0.25) is 5.91 Å². The molecule has 0 bridgehead atoms. The highest BCUT2D eigenvalue weighted by Gasteiger charge is 2.30. The molecule has 5 heteroatoms. The Balaban J connectivity index is 1.86. The van der Waals surface area contributed by atoms with Crippen LogP contribution < -0.4 is 16.0 Å². The van der Waals surface area contributed by atoms with Gasteiger partial charge in [0.1, 0.15) is 6.04 Å². The molecule has 2 aliphatic rings. The molecule has 1 aromatic carbocycles. The van der Waals surface area contributed by atoms with Crippen molar-refractivity contribution < 1.29 is 4.79 Å². The molecule has 1 unspecified atom stereocenters. The van der Waals surface area contributed by atoms with E-state index in [1.807, 2.05) is 12.1 Å². The average Bonchev–Trinajstić information content (AvgIpc) is 2.73. The molecule has 1 heterocycles. The number of nitrogens with one attached hydrogen (secondary N) is 1. The molecule has 1 aliphatic carbocycles. The normalized spacial score (nSPS) is 28.2. The Labute approximate surface area is 130 Å². The van der Waals surface area contributed by atoms with Gasteiger partial charge in [0.05, 0.1) is 10.7 Å². The minimum atomic E-state index is -0.604. The van der Waals surface area contributed by atoms with Crippen LogP contribution in [0.1, 0.15) is 44.2 Å². The quantitative estimate of drug-likeness (QED) is 0.881. The zero-order chi connectivity index (χ0) is 15.1. The molecular formula is C16H22ClN3O. The number of carbonyl (C=O) groups is 1. The standard InChI is InChI=1S/C16H22ClN3O/c1-9-3-5-10(6-4-9)20(2)14-8-13-11(7-12(14)17)15(18)16(21)19-13/h7-10,15H,3-6,18H2,1-2H3,(H,19,21). The molecule has 1 aliphatic heterocycles. The van der Waals surface area contributed by atoms with Crippen molar-refractivity contribution in [1.29, 1.82) is 0 Å². The van der Waals surface area contributed by atoms with E-state index in [0.29, 0.717) is 11.1 Å². The van der Waals surface area contributed by atoms with E-state index in [0.717, 1.165) is 22.9 Å². The van der Waals surface area contributed by atoms with Crippen LogP contribution in [0.5, 0.6) is 0 Å². The van der Waals surface area contributed by atoms with Gasteiger partial charge in [0.15, 0.2) is 0 Å². The van der Waals surface area contributed by atoms with Gasteiger partial charge in [-0.05, 0) is 43.7 Å². The first-order chi connectivity index (χ1) is 9.97. The Hall–Kier alpha value is -1.26. The fraction of sp³-hybridized carbons (Fsp3) is 0.562. The highest BCUT2D eigenvalue weighted by atomic mass is 35.5. The molecular weight excluding hydrogens is 286 g/mol. The lowest BCUT2D eigenvalue weighted by atomic mass is 9.86. The maximum atomic E-state index is 11.7. The van der Waals surface area contributed by atoms with E-state index in [9.17, 15) is 4.79 Å². The maximum absolute atomic E-state index is 11.7. The van der Waals surface area contributed by atoms with E-state index in [2.05, 4.69) is 24.2 Å². The molecule has 4 nitrogen and oxygen atoms in total. The Morgan fingerprint density at radius 1 is 1.29 bits per heavy atom. The smallest absolute Gasteiger partial charge is 0.245 e. The van der Waals surface area contributed by atoms with Gasteiger partial charge in [-0.3, -0.25) is 4.79 Å². The van der Waals surface area contributed by atoms with Crippen LogP contribution in [0.4, 0.5) is 11.4 Å². The van der Waals surface area contributed by atoms with E-state index in [-0.39, 0.29) is 5.91 Å². The molecule has 3 rings (SSSR count). The van der Waals surface area contributed by atoms with Crippen molar-refractivity contribution >= 4 is 28.9 Å². The summed E-state index contributed by atoms with van der Waals surface area (Å²) in [6.45, 7) is 2.31. The van der Waals surface area contributed by atoms with Crippen molar-refractivity contribution in [1.82, 2.24) is 0 Å². The van der Waals surface area contributed by atoms with Crippen LogP contribution >= 0.6 is 11.6 Å². The van der Waals surface area contributed by atoms with Gasteiger partial charge >= 0.3 is 0 Å². The van der Waals surface area contributed by atoms with E-state index in [1.165, 1.54) is 25.7 Å². The Kier molecular flexibility index (Phi) is 3.84. The minimum absolute atomic E-state index is 0.160. The lowest BCUT2D eigenvalue weighted by molar-refractivity contribution is -0.116. The van der Waals surface area contributed by atoms with Gasteiger partial charge < -0.3 is 16.0 Å². The Morgan fingerprint density at radius 2 is 1.95 bits per heavy atom. The summed E-state index contributed by atoms with van der Waals surface area (Å²) >= 11 is 6.43. The van der Waals surface area contributed by atoms with E-state index < -0.39 is 6.04 Å². The SMILES string of the molecule is CC1CCC(N(C)c2cc3c(cc2Cl)C(N)C(=O)N3)CC1. The molecule has 1 aromatic rings. The minimum Gasteiger partial charge on any atom is -0.370 e. The number of hydrogen-bond donors (Lipinski definition) is 2. The molecule has 0 spiro atoms. The van der Waals surface area contributed by atoms with E-state index in [4.69, 9.17) is 17.3 Å². The number of fused-ring (bicyclic) bond motifs is 1. The number of nitrogens with two attached hydrogens (primary N) is 1. The second-order valence-corrected chi connectivity index (χ2v) is 6.79. The first kappa shape index (κ1) is 14.7. The summed E-state index contributed by atoms with van der Waals surface area (Å²) in [5.41, 5.74) is 8.42. The Morgan fingerprint density at radius 3 is 2.62 bits per heavy atom. The lowest BCUT2D eigenvalue weighted by Gasteiger charge is -2.35. The van der Waals surface area contributed by atoms with Crippen LogP contribution in [-0.4, -0.2) is 19.0 Å². The molecule has 0 radical (unpaired) electrons. The lowest BCUT2D eigenvalue weighted by Crippen LogP contribution is -2.35. The number of nitrogens with zero attached hydrogens (tertiary/aromatic N) is 1. The number of amides is 1. The summed E-state index contributed by atoms with van der Waals surface area (Å²) in [4.78, 5) is 13.9. The van der Waals surface area contributed by atoms with Crippen molar-refractivity contribution in [2.75, 3.05) is 17.3 Å². The van der Waals surface area contributed by atoms with Crippen molar-refractivity contribution in [3.05, 3.63) is 22.7 Å². The molecule has 21 heavy (non-hydrogen) atoms. The summed E-state index contributed by atoms with van der Waals surface area (Å²) in [5, 5.41) is 3.50. The second-order valence-electron chi connectivity index (χ2n) is 6.38. The van der Waals surface area contributed by atoms with Crippen LogP contribution in [0.25, 0.3) is 0 Å². The Bertz CT molecular complexity index is 567. The third-order valence-corrected chi connectivity index (χ3v) is 5.21. The van der Waals surface area contributed by atoms with Gasteiger partial charge in [-0.2, -0.15) is 0 Å². The summed E-state index contributed by atoms with van der Waals surface area (Å²) in [7, 11) is 2.09. The van der Waals surface area contributed by atoms with Crippen molar-refractivity contribution in [2.24, 2.45) is 11.7 Å². The van der Waals surface area contributed by atoms with Crippen molar-refractivity contribution in [2.45, 2.75) is 44.7 Å². The highest BCUT2D eigenvalue weighted by Crippen LogP contribution is 2.39. The van der Waals surface area contributed by atoms with Crippen molar-refractivity contribution in [3.8, 4) is 0 Å². The maximum Gasteiger partial charge on any atom is 0.245 e. The molecule has 114 valence electrons. The summed E-state index contributed by atoms with van der Waals surface area (Å²) in [6, 6.07) is 3.70. The third kappa shape index (κ3) is 2.62. The van der Waals surface area contributed by atoms with Gasteiger partial charge in [-0.25, -0.2) is 0 Å². The molecule has 1 atom stereocenters.